The third kappa shape index (κ3) is 2.92. The Hall–Kier alpha value is -2.08. The summed E-state index contributed by atoms with van der Waals surface area (Å²) in [6.45, 7) is 5.52. The van der Waals surface area contributed by atoms with Crippen LogP contribution < -0.4 is 4.90 Å². The maximum absolute atomic E-state index is 13.4. The predicted molar refractivity (Wildman–Crippen MR) is 78.8 cm³/mol. The predicted octanol–water partition coefficient (Wildman–Crippen LogP) is 2.95. The van der Waals surface area contributed by atoms with Crippen molar-refractivity contribution in [3.8, 4) is 0 Å². The maximum atomic E-state index is 13.4. The van der Waals surface area contributed by atoms with Crippen LogP contribution in [-0.4, -0.2) is 29.7 Å². The number of benzene rings is 1. The number of aryl methyl sites for hydroxylation is 2. The minimum absolute atomic E-state index is 0.314. The summed E-state index contributed by atoms with van der Waals surface area (Å²) in [5, 5.41) is 0. The zero-order chi connectivity index (χ0) is 15.7. The van der Waals surface area contributed by atoms with Crippen LogP contribution in [0.4, 0.5) is 14.6 Å². The molecule has 1 aliphatic rings. The number of halogens is 2. The number of hydrogen-bond donors (Lipinski definition) is 0. The first-order valence-electron chi connectivity index (χ1n) is 7.16. The summed E-state index contributed by atoms with van der Waals surface area (Å²) in [6.07, 6.45) is 1.41. The van der Waals surface area contributed by atoms with E-state index in [2.05, 4.69) is 14.9 Å². The molecule has 22 heavy (non-hydrogen) atoms. The van der Waals surface area contributed by atoms with E-state index in [1.165, 1.54) is 6.07 Å². The lowest BCUT2D eigenvalue weighted by Gasteiger charge is -2.34. The first kappa shape index (κ1) is 14.8. The second-order valence-corrected chi connectivity index (χ2v) is 5.40. The lowest BCUT2D eigenvalue weighted by atomic mass is 10.1. The van der Waals surface area contributed by atoms with Gasteiger partial charge in [-0.05, 0) is 31.5 Å². The zero-order valence-electron chi connectivity index (χ0n) is 12.5. The highest BCUT2D eigenvalue weighted by molar-refractivity contribution is 5.44. The standard InChI is InChI=1S/C16H17F2N3O/c1-10-8-19-11(2)16(20-10)21-5-6-22-15(9-21)12-3-4-13(17)14(18)7-12/h3-4,7-8,15H,5-6,9H2,1-2H3. The molecular weight excluding hydrogens is 288 g/mol. The van der Waals surface area contributed by atoms with Crippen molar-refractivity contribution in [3.05, 3.63) is 53.0 Å². The van der Waals surface area contributed by atoms with Gasteiger partial charge in [-0.2, -0.15) is 0 Å². The van der Waals surface area contributed by atoms with Gasteiger partial charge in [-0.1, -0.05) is 6.07 Å². The van der Waals surface area contributed by atoms with Gasteiger partial charge in [0.25, 0.3) is 0 Å². The molecule has 0 radical (unpaired) electrons. The van der Waals surface area contributed by atoms with Crippen molar-refractivity contribution < 1.29 is 13.5 Å². The lowest BCUT2D eigenvalue weighted by molar-refractivity contribution is 0.0392. The highest BCUT2D eigenvalue weighted by atomic mass is 19.2. The summed E-state index contributed by atoms with van der Waals surface area (Å²) in [4.78, 5) is 10.9. The molecule has 0 saturated carbocycles. The fourth-order valence-corrected chi connectivity index (χ4v) is 2.58. The zero-order valence-corrected chi connectivity index (χ0v) is 12.5. The van der Waals surface area contributed by atoms with Crippen LogP contribution in [0, 0.1) is 25.5 Å². The molecular formula is C16H17F2N3O. The van der Waals surface area contributed by atoms with Gasteiger partial charge in [-0.3, -0.25) is 4.98 Å². The Morgan fingerprint density at radius 3 is 2.82 bits per heavy atom. The van der Waals surface area contributed by atoms with Gasteiger partial charge < -0.3 is 9.64 Å². The van der Waals surface area contributed by atoms with Gasteiger partial charge in [-0.15, -0.1) is 0 Å². The van der Waals surface area contributed by atoms with Crippen molar-refractivity contribution in [2.24, 2.45) is 0 Å². The second kappa shape index (κ2) is 5.96. The summed E-state index contributed by atoms with van der Waals surface area (Å²) >= 11 is 0. The molecule has 2 aromatic rings. The smallest absolute Gasteiger partial charge is 0.159 e. The molecule has 0 amide bonds. The molecule has 1 aromatic carbocycles. The van der Waals surface area contributed by atoms with Crippen LogP contribution in [0.1, 0.15) is 23.1 Å². The fraction of sp³-hybridized carbons (Fsp3) is 0.375. The number of hydrogen-bond acceptors (Lipinski definition) is 4. The van der Waals surface area contributed by atoms with E-state index < -0.39 is 11.6 Å². The number of morpholine rings is 1. The molecule has 0 spiro atoms. The molecule has 1 aromatic heterocycles. The topological polar surface area (TPSA) is 38.2 Å². The normalized spacial score (nSPS) is 18.5. The summed E-state index contributed by atoms with van der Waals surface area (Å²) in [6, 6.07) is 3.88. The molecule has 1 aliphatic heterocycles. The SMILES string of the molecule is Cc1cnc(C)c(N2CCOC(c3ccc(F)c(F)c3)C2)n1. The Morgan fingerprint density at radius 1 is 1.23 bits per heavy atom. The van der Waals surface area contributed by atoms with E-state index in [0.717, 1.165) is 23.3 Å². The van der Waals surface area contributed by atoms with Crippen LogP contribution in [-0.2, 0) is 4.74 Å². The lowest BCUT2D eigenvalue weighted by Crippen LogP contribution is -2.39. The molecule has 116 valence electrons. The summed E-state index contributed by atoms with van der Waals surface area (Å²) in [5.74, 6) is -0.891. The van der Waals surface area contributed by atoms with Crippen LogP contribution in [0.3, 0.4) is 0 Å². The Bertz CT molecular complexity index is 693. The molecule has 1 fully saturated rings. The highest BCUT2D eigenvalue weighted by Gasteiger charge is 2.25. The van der Waals surface area contributed by atoms with E-state index in [1.54, 1.807) is 12.3 Å². The minimum atomic E-state index is -0.857. The summed E-state index contributed by atoms with van der Waals surface area (Å²) < 4.78 is 32.2. The van der Waals surface area contributed by atoms with Gasteiger partial charge in [0.2, 0.25) is 0 Å². The van der Waals surface area contributed by atoms with Crippen molar-refractivity contribution >= 4 is 5.82 Å². The molecule has 0 N–H and O–H groups in total. The molecule has 1 unspecified atom stereocenters. The molecule has 0 bridgehead atoms. The average molecular weight is 305 g/mol. The molecule has 2 heterocycles. The van der Waals surface area contributed by atoms with Crippen molar-refractivity contribution in [1.82, 2.24) is 9.97 Å². The van der Waals surface area contributed by atoms with Gasteiger partial charge in [0, 0.05) is 19.3 Å². The van der Waals surface area contributed by atoms with Gasteiger partial charge in [0.05, 0.1) is 18.0 Å². The average Bonchev–Trinajstić information content (AvgIpc) is 2.52. The Balaban J connectivity index is 1.84. The van der Waals surface area contributed by atoms with E-state index >= 15 is 0 Å². The molecule has 0 aliphatic carbocycles. The second-order valence-electron chi connectivity index (χ2n) is 5.40. The van der Waals surface area contributed by atoms with Crippen LogP contribution in [0.15, 0.2) is 24.4 Å². The van der Waals surface area contributed by atoms with Crippen LogP contribution >= 0.6 is 0 Å². The number of ether oxygens (including phenoxy) is 1. The Morgan fingerprint density at radius 2 is 2.05 bits per heavy atom. The van der Waals surface area contributed by atoms with E-state index in [-0.39, 0.29) is 6.10 Å². The van der Waals surface area contributed by atoms with Gasteiger partial charge in [0.1, 0.15) is 6.10 Å². The van der Waals surface area contributed by atoms with Crippen LogP contribution in [0.5, 0.6) is 0 Å². The van der Waals surface area contributed by atoms with Gasteiger partial charge >= 0.3 is 0 Å². The van der Waals surface area contributed by atoms with Crippen molar-refractivity contribution in [2.75, 3.05) is 24.6 Å². The molecule has 3 rings (SSSR count). The highest BCUT2D eigenvalue weighted by Crippen LogP contribution is 2.27. The monoisotopic (exact) mass is 305 g/mol. The third-order valence-corrected chi connectivity index (χ3v) is 3.73. The third-order valence-electron chi connectivity index (χ3n) is 3.73. The van der Waals surface area contributed by atoms with E-state index in [0.29, 0.717) is 25.3 Å². The number of anilines is 1. The van der Waals surface area contributed by atoms with Crippen LogP contribution in [0.2, 0.25) is 0 Å². The number of nitrogens with zero attached hydrogens (tertiary/aromatic N) is 3. The van der Waals surface area contributed by atoms with E-state index in [1.807, 2.05) is 13.8 Å². The van der Waals surface area contributed by atoms with E-state index in [4.69, 9.17) is 4.74 Å². The largest absolute Gasteiger partial charge is 0.370 e. The molecule has 4 nitrogen and oxygen atoms in total. The quantitative estimate of drug-likeness (QED) is 0.855. The Kier molecular flexibility index (Phi) is 4.02. The Labute approximate surface area is 127 Å². The van der Waals surface area contributed by atoms with E-state index in [9.17, 15) is 8.78 Å². The molecule has 1 saturated heterocycles. The minimum Gasteiger partial charge on any atom is -0.370 e. The van der Waals surface area contributed by atoms with Crippen molar-refractivity contribution in [2.45, 2.75) is 20.0 Å². The van der Waals surface area contributed by atoms with Gasteiger partial charge in [0.15, 0.2) is 17.5 Å². The maximum Gasteiger partial charge on any atom is 0.159 e. The van der Waals surface area contributed by atoms with Crippen molar-refractivity contribution in [3.63, 3.8) is 0 Å². The van der Waals surface area contributed by atoms with Gasteiger partial charge in [-0.25, -0.2) is 13.8 Å². The summed E-state index contributed by atoms with van der Waals surface area (Å²) in [5.41, 5.74) is 2.31. The van der Waals surface area contributed by atoms with Crippen molar-refractivity contribution in [1.29, 1.82) is 0 Å². The summed E-state index contributed by atoms with van der Waals surface area (Å²) in [7, 11) is 0. The molecule has 1 atom stereocenters. The van der Waals surface area contributed by atoms with Crippen LogP contribution in [0.25, 0.3) is 0 Å². The number of aromatic nitrogens is 2. The first-order chi connectivity index (χ1) is 10.5. The number of rotatable bonds is 2. The molecule has 6 heteroatoms. The first-order valence-corrected chi connectivity index (χ1v) is 7.16. The fourth-order valence-electron chi connectivity index (χ4n) is 2.58.